The first-order chi connectivity index (χ1) is 11.3. The number of carbonyl (C=O) groups excluding carboxylic acids is 1. The molecule has 0 aliphatic rings. The van der Waals surface area contributed by atoms with Crippen LogP contribution in [0.3, 0.4) is 0 Å². The predicted molar refractivity (Wildman–Crippen MR) is 92.6 cm³/mol. The lowest BCUT2D eigenvalue weighted by atomic mass is 10.0. The molecule has 0 radical (unpaired) electrons. The molecular weight excluding hydrogens is 284 g/mol. The predicted octanol–water partition coefficient (Wildman–Crippen LogP) is 4.40. The Morgan fingerprint density at radius 3 is 2.70 bits per heavy atom. The number of ketones is 1. The van der Waals surface area contributed by atoms with Crippen LogP contribution < -0.4 is 0 Å². The third-order valence-electron chi connectivity index (χ3n) is 4.02. The van der Waals surface area contributed by atoms with E-state index in [0.717, 1.165) is 35.7 Å². The Hall–Kier alpha value is -2.55. The van der Waals surface area contributed by atoms with Crippen molar-refractivity contribution in [2.45, 2.75) is 32.6 Å². The van der Waals surface area contributed by atoms with Gasteiger partial charge in [-0.2, -0.15) is 0 Å². The average molecular weight is 304 g/mol. The number of carbonyl (C=O) groups is 1. The maximum atomic E-state index is 12.5. The Morgan fingerprint density at radius 2 is 1.91 bits per heavy atom. The number of aryl methyl sites for hydroxylation is 1. The normalized spacial score (nSPS) is 10.8. The second-order valence-electron chi connectivity index (χ2n) is 5.74. The number of pyridine rings is 2. The summed E-state index contributed by atoms with van der Waals surface area (Å²) in [6.45, 7) is 2.17. The molecule has 0 aliphatic carbocycles. The van der Waals surface area contributed by atoms with Crippen molar-refractivity contribution in [2.75, 3.05) is 0 Å². The van der Waals surface area contributed by atoms with E-state index in [1.807, 2.05) is 48.7 Å². The summed E-state index contributed by atoms with van der Waals surface area (Å²) in [4.78, 5) is 21.2. The minimum atomic E-state index is 0.0448. The molecule has 3 rings (SSSR count). The fourth-order valence-electron chi connectivity index (χ4n) is 2.69. The van der Waals surface area contributed by atoms with E-state index < -0.39 is 0 Å². The molecule has 0 fully saturated rings. The van der Waals surface area contributed by atoms with Crippen molar-refractivity contribution in [3.05, 3.63) is 71.7 Å². The van der Waals surface area contributed by atoms with E-state index in [1.165, 1.54) is 5.56 Å². The second-order valence-corrected chi connectivity index (χ2v) is 5.74. The van der Waals surface area contributed by atoms with Crippen LogP contribution in [-0.4, -0.2) is 15.8 Å². The largest absolute Gasteiger partial charge is 0.292 e. The Bertz CT molecular complexity index is 804. The summed E-state index contributed by atoms with van der Waals surface area (Å²) in [5.41, 5.74) is 3.64. The molecule has 3 heteroatoms. The standard InChI is InChI=1S/C20H20N2O/c1-2-3-6-15-9-10-19(22-14-15)20(23)13-16-11-12-21-18-8-5-4-7-17(16)18/h4-5,7-12,14H,2-3,6,13H2,1H3. The lowest BCUT2D eigenvalue weighted by molar-refractivity contribution is 0.0988. The first kappa shape index (κ1) is 15.3. The third kappa shape index (κ3) is 3.62. The van der Waals surface area contributed by atoms with Crippen molar-refractivity contribution >= 4 is 16.7 Å². The lowest BCUT2D eigenvalue weighted by Gasteiger charge is -2.06. The highest BCUT2D eigenvalue weighted by molar-refractivity contribution is 5.98. The van der Waals surface area contributed by atoms with Gasteiger partial charge >= 0.3 is 0 Å². The van der Waals surface area contributed by atoms with Crippen LogP contribution in [0.25, 0.3) is 10.9 Å². The Morgan fingerprint density at radius 1 is 1.04 bits per heavy atom. The average Bonchev–Trinajstić information content (AvgIpc) is 2.60. The molecule has 23 heavy (non-hydrogen) atoms. The molecular formula is C20H20N2O. The highest BCUT2D eigenvalue weighted by atomic mass is 16.1. The number of rotatable bonds is 6. The van der Waals surface area contributed by atoms with Crippen LogP contribution in [0, 0.1) is 0 Å². The van der Waals surface area contributed by atoms with Gasteiger partial charge in [0.1, 0.15) is 5.69 Å². The van der Waals surface area contributed by atoms with Gasteiger partial charge in [-0.05, 0) is 42.2 Å². The minimum absolute atomic E-state index is 0.0448. The zero-order chi connectivity index (χ0) is 16.1. The Kier molecular flexibility index (Phi) is 4.77. The molecule has 1 aromatic carbocycles. The molecule has 3 nitrogen and oxygen atoms in total. The Labute approximate surface area is 136 Å². The van der Waals surface area contributed by atoms with Crippen LogP contribution in [0.2, 0.25) is 0 Å². The maximum Gasteiger partial charge on any atom is 0.185 e. The van der Waals surface area contributed by atoms with Crippen molar-refractivity contribution in [1.29, 1.82) is 0 Å². The molecule has 0 bridgehead atoms. The van der Waals surface area contributed by atoms with E-state index in [0.29, 0.717) is 12.1 Å². The first-order valence-corrected chi connectivity index (χ1v) is 8.08. The fourth-order valence-corrected chi connectivity index (χ4v) is 2.69. The first-order valence-electron chi connectivity index (χ1n) is 8.08. The number of aromatic nitrogens is 2. The zero-order valence-corrected chi connectivity index (χ0v) is 13.3. The summed E-state index contributed by atoms with van der Waals surface area (Å²) in [6.07, 6.45) is 7.27. The van der Waals surface area contributed by atoms with Gasteiger partial charge in [0, 0.05) is 24.2 Å². The molecule has 0 saturated heterocycles. The third-order valence-corrected chi connectivity index (χ3v) is 4.02. The van der Waals surface area contributed by atoms with E-state index in [4.69, 9.17) is 0 Å². The molecule has 116 valence electrons. The summed E-state index contributed by atoms with van der Waals surface area (Å²) >= 11 is 0. The van der Waals surface area contributed by atoms with Crippen LogP contribution >= 0.6 is 0 Å². The monoisotopic (exact) mass is 304 g/mol. The van der Waals surface area contributed by atoms with Crippen molar-refractivity contribution < 1.29 is 4.79 Å². The lowest BCUT2D eigenvalue weighted by Crippen LogP contribution is -2.07. The second kappa shape index (κ2) is 7.14. The van der Waals surface area contributed by atoms with Crippen LogP contribution in [0.4, 0.5) is 0 Å². The molecule has 0 spiro atoms. The Balaban J connectivity index is 1.78. The van der Waals surface area contributed by atoms with Gasteiger partial charge in [0.25, 0.3) is 0 Å². The fraction of sp³-hybridized carbons (Fsp3) is 0.250. The maximum absolute atomic E-state index is 12.5. The number of unbranched alkanes of at least 4 members (excludes halogenated alkanes) is 1. The van der Waals surface area contributed by atoms with Crippen LogP contribution in [0.1, 0.15) is 41.4 Å². The van der Waals surface area contributed by atoms with Gasteiger partial charge in [0.05, 0.1) is 5.52 Å². The molecule has 0 saturated carbocycles. The molecule has 3 aromatic rings. The molecule has 0 unspecified atom stereocenters. The van der Waals surface area contributed by atoms with Gasteiger partial charge in [-0.25, -0.2) is 0 Å². The summed E-state index contributed by atoms with van der Waals surface area (Å²) in [6, 6.07) is 13.7. The van der Waals surface area contributed by atoms with Crippen LogP contribution in [-0.2, 0) is 12.8 Å². The van der Waals surface area contributed by atoms with Gasteiger partial charge < -0.3 is 0 Å². The van der Waals surface area contributed by atoms with Crippen molar-refractivity contribution in [2.24, 2.45) is 0 Å². The molecule has 0 aliphatic heterocycles. The van der Waals surface area contributed by atoms with Gasteiger partial charge in [-0.1, -0.05) is 37.6 Å². The zero-order valence-electron chi connectivity index (χ0n) is 13.3. The molecule has 0 atom stereocenters. The van der Waals surface area contributed by atoms with Gasteiger partial charge in [0.15, 0.2) is 5.78 Å². The van der Waals surface area contributed by atoms with E-state index in [-0.39, 0.29) is 5.78 Å². The number of fused-ring (bicyclic) bond motifs is 1. The van der Waals surface area contributed by atoms with E-state index in [1.54, 1.807) is 6.20 Å². The summed E-state index contributed by atoms with van der Waals surface area (Å²) in [7, 11) is 0. The summed E-state index contributed by atoms with van der Waals surface area (Å²) in [5, 5.41) is 1.03. The number of hydrogen-bond donors (Lipinski definition) is 0. The molecule has 2 aromatic heterocycles. The van der Waals surface area contributed by atoms with Gasteiger partial charge in [0.2, 0.25) is 0 Å². The van der Waals surface area contributed by atoms with Crippen molar-refractivity contribution in [1.82, 2.24) is 9.97 Å². The number of hydrogen-bond acceptors (Lipinski definition) is 3. The van der Waals surface area contributed by atoms with Crippen molar-refractivity contribution in [3.63, 3.8) is 0 Å². The highest BCUT2D eigenvalue weighted by Gasteiger charge is 2.11. The van der Waals surface area contributed by atoms with Crippen molar-refractivity contribution in [3.8, 4) is 0 Å². The molecule has 0 N–H and O–H groups in total. The van der Waals surface area contributed by atoms with E-state index in [9.17, 15) is 4.79 Å². The van der Waals surface area contributed by atoms with Crippen LogP contribution in [0.15, 0.2) is 54.9 Å². The van der Waals surface area contributed by atoms with E-state index in [2.05, 4.69) is 16.9 Å². The molecule has 0 amide bonds. The smallest absolute Gasteiger partial charge is 0.185 e. The number of para-hydroxylation sites is 1. The quantitative estimate of drug-likeness (QED) is 0.634. The summed E-state index contributed by atoms with van der Waals surface area (Å²) in [5.74, 6) is 0.0448. The summed E-state index contributed by atoms with van der Waals surface area (Å²) < 4.78 is 0. The molecule has 2 heterocycles. The van der Waals surface area contributed by atoms with Crippen LogP contribution in [0.5, 0.6) is 0 Å². The van der Waals surface area contributed by atoms with E-state index >= 15 is 0 Å². The highest BCUT2D eigenvalue weighted by Crippen LogP contribution is 2.18. The number of nitrogens with zero attached hydrogens (tertiary/aromatic N) is 2. The minimum Gasteiger partial charge on any atom is -0.292 e. The number of Topliss-reactive ketones (excluding diaryl/α,β-unsaturated/α-hetero) is 1. The van der Waals surface area contributed by atoms with Gasteiger partial charge in [-0.15, -0.1) is 0 Å². The van der Waals surface area contributed by atoms with Gasteiger partial charge in [-0.3, -0.25) is 14.8 Å². The number of benzene rings is 1. The topological polar surface area (TPSA) is 42.9 Å². The SMILES string of the molecule is CCCCc1ccc(C(=O)Cc2ccnc3ccccc23)nc1.